The fourth-order valence-electron chi connectivity index (χ4n) is 3.14. The predicted octanol–water partition coefficient (Wildman–Crippen LogP) is 4.19. The van der Waals surface area contributed by atoms with Gasteiger partial charge in [-0.05, 0) is 30.3 Å². The summed E-state index contributed by atoms with van der Waals surface area (Å²) in [5.74, 6) is -1.23. The first-order valence-corrected chi connectivity index (χ1v) is 11.4. The van der Waals surface area contributed by atoms with Crippen LogP contribution in [0.2, 0.25) is 0 Å². The lowest BCUT2D eigenvalue weighted by atomic mass is 10.3. The zero-order chi connectivity index (χ0) is 22.0. The number of aliphatic carboxylic acids is 1. The maximum Gasteiger partial charge on any atom is 0.305 e. The van der Waals surface area contributed by atoms with E-state index in [1.54, 1.807) is 6.08 Å². The number of aromatic nitrogens is 2. The zero-order valence-corrected chi connectivity index (χ0v) is 19.4. The molecule has 1 aromatic heterocycles. The number of hydrogen-bond donors (Lipinski definition) is 1. The summed E-state index contributed by atoms with van der Waals surface area (Å²) < 4.78 is 5.36. The first kappa shape index (κ1) is 21.5. The molecule has 156 valence electrons. The number of hydrogen-bond acceptors (Lipinski definition) is 4. The van der Waals surface area contributed by atoms with Gasteiger partial charge in [-0.25, -0.2) is 0 Å². The Morgan fingerprint density at radius 3 is 2.55 bits per heavy atom. The van der Waals surface area contributed by atoms with E-state index in [0.29, 0.717) is 9.23 Å². The third-order valence-electron chi connectivity index (χ3n) is 4.61. The summed E-state index contributed by atoms with van der Waals surface area (Å²) in [5.41, 5.74) is 2.75. The molecule has 2 aromatic carbocycles. The van der Waals surface area contributed by atoms with Gasteiger partial charge in [-0.15, -0.1) is 4.68 Å². The quantitative estimate of drug-likeness (QED) is 0.303. The van der Waals surface area contributed by atoms with Crippen molar-refractivity contribution >= 4 is 62.2 Å². The van der Waals surface area contributed by atoms with Crippen molar-refractivity contribution in [1.82, 2.24) is 9.58 Å². The van der Waals surface area contributed by atoms with Crippen molar-refractivity contribution in [2.45, 2.75) is 6.42 Å². The van der Waals surface area contributed by atoms with Crippen molar-refractivity contribution in [3.63, 3.8) is 0 Å². The molecule has 2 heterocycles. The lowest BCUT2D eigenvalue weighted by Gasteiger charge is -2.12. The van der Waals surface area contributed by atoms with E-state index in [9.17, 15) is 9.59 Å². The van der Waals surface area contributed by atoms with Crippen LogP contribution in [0, 0.1) is 0 Å². The van der Waals surface area contributed by atoms with Gasteiger partial charge in [-0.2, -0.15) is 0 Å². The summed E-state index contributed by atoms with van der Waals surface area (Å²) in [6, 6.07) is 17.8. The molecule has 0 atom stereocenters. The Morgan fingerprint density at radius 1 is 1.16 bits per heavy atom. The van der Waals surface area contributed by atoms with Crippen LogP contribution in [0.4, 0.5) is 0 Å². The average molecular weight is 515 g/mol. The van der Waals surface area contributed by atoms with Crippen LogP contribution >= 0.6 is 39.9 Å². The van der Waals surface area contributed by atoms with Crippen molar-refractivity contribution in [3.05, 3.63) is 81.9 Å². The summed E-state index contributed by atoms with van der Waals surface area (Å²) in [7, 11) is 0. The molecular weight excluding hydrogens is 498 g/mol. The second-order valence-electron chi connectivity index (χ2n) is 6.74. The van der Waals surface area contributed by atoms with Gasteiger partial charge in [0.2, 0.25) is 11.9 Å². The van der Waals surface area contributed by atoms with Crippen molar-refractivity contribution in [1.29, 1.82) is 0 Å². The van der Waals surface area contributed by atoms with Crippen LogP contribution in [0.5, 0.6) is 0 Å². The van der Waals surface area contributed by atoms with Crippen molar-refractivity contribution in [2.75, 3.05) is 6.54 Å². The van der Waals surface area contributed by atoms with E-state index < -0.39 is 5.97 Å². The molecule has 1 saturated heterocycles. The first-order chi connectivity index (χ1) is 14.9. The number of amides is 1. The van der Waals surface area contributed by atoms with Gasteiger partial charge in [-0.1, -0.05) is 62.8 Å². The molecule has 1 amide bonds. The van der Waals surface area contributed by atoms with Gasteiger partial charge < -0.3 is 5.11 Å². The monoisotopic (exact) mass is 514 g/mol. The minimum absolute atomic E-state index is 0.0707. The van der Waals surface area contributed by atoms with Gasteiger partial charge in [0.1, 0.15) is 10.0 Å². The molecule has 0 aliphatic carbocycles. The molecule has 6 nitrogen and oxygen atoms in total. The normalized spacial score (nSPS) is 15.1. The van der Waals surface area contributed by atoms with Crippen LogP contribution in [-0.4, -0.2) is 37.4 Å². The van der Waals surface area contributed by atoms with E-state index >= 15 is 0 Å². The van der Waals surface area contributed by atoms with Crippen molar-refractivity contribution in [3.8, 4) is 11.4 Å². The first-order valence-electron chi connectivity index (χ1n) is 9.35. The fourth-order valence-corrected chi connectivity index (χ4v) is 4.71. The Labute approximate surface area is 196 Å². The Balaban J connectivity index is 1.71. The Kier molecular flexibility index (Phi) is 6.35. The SMILES string of the molecule is O=C(O)CCN1C(=O)/C(=C\c2cn(-c3ccccc3)[n+](-c3ccc(Br)cc3)c2)SC1=S. The number of para-hydroxylation sites is 1. The molecule has 1 N–H and O–H groups in total. The van der Waals surface area contributed by atoms with Gasteiger partial charge in [0.05, 0.1) is 23.1 Å². The highest BCUT2D eigenvalue weighted by molar-refractivity contribution is 9.10. The number of thiocarbonyl (C=S) groups is 1. The number of carboxylic acids is 1. The molecule has 0 bridgehead atoms. The van der Waals surface area contributed by atoms with Gasteiger partial charge >= 0.3 is 5.97 Å². The second-order valence-corrected chi connectivity index (χ2v) is 9.33. The average Bonchev–Trinajstić information content (AvgIpc) is 3.29. The van der Waals surface area contributed by atoms with Crippen molar-refractivity contribution in [2.24, 2.45) is 0 Å². The van der Waals surface area contributed by atoms with E-state index in [4.69, 9.17) is 17.3 Å². The third-order valence-corrected chi connectivity index (χ3v) is 6.51. The number of carbonyl (C=O) groups is 2. The smallest absolute Gasteiger partial charge is 0.305 e. The van der Waals surface area contributed by atoms with Crippen LogP contribution < -0.4 is 4.68 Å². The van der Waals surface area contributed by atoms with Crippen molar-refractivity contribution < 1.29 is 19.4 Å². The largest absolute Gasteiger partial charge is 0.481 e. The highest BCUT2D eigenvalue weighted by atomic mass is 79.9. The maximum absolute atomic E-state index is 12.7. The number of nitrogens with zero attached hydrogens (tertiary/aromatic N) is 3. The standard InChI is InChI=1S/C22H16BrN3O3S2/c23-16-6-8-18(9-7-16)26-14-15(13-25(26)17-4-2-1-3-5-17)12-19-21(29)24(22(30)31-19)11-10-20(27)28/h1-9,12-14H,10-11H2/p+1/b19-12+. The molecule has 1 fully saturated rings. The fraction of sp³-hybridized carbons (Fsp3) is 0.0909. The Morgan fingerprint density at radius 2 is 1.87 bits per heavy atom. The summed E-state index contributed by atoms with van der Waals surface area (Å²) in [6.45, 7) is 0.0707. The number of carboxylic acid groups (broad SMARTS) is 1. The lowest BCUT2D eigenvalue weighted by Crippen LogP contribution is -2.38. The Hall–Kier alpha value is -2.75. The lowest BCUT2D eigenvalue weighted by molar-refractivity contribution is -0.674. The van der Waals surface area contributed by atoms with Crippen LogP contribution in [0.1, 0.15) is 12.0 Å². The summed E-state index contributed by atoms with van der Waals surface area (Å²) in [4.78, 5) is 25.4. The minimum Gasteiger partial charge on any atom is -0.481 e. The molecule has 0 spiro atoms. The number of rotatable bonds is 6. The van der Waals surface area contributed by atoms with Crippen LogP contribution in [0.15, 0.2) is 76.4 Å². The predicted molar refractivity (Wildman–Crippen MR) is 127 cm³/mol. The minimum atomic E-state index is -0.964. The van der Waals surface area contributed by atoms with E-state index in [1.807, 2.05) is 76.4 Å². The van der Waals surface area contributed by atoms with Gasteiger partial charge in [-0.3, -0.25) is 14.5 Å². The molecule has 0 saturated carbocycles. The number of carbonyl (C=O) groups excluding carboxylic acids is 1. The van der Waals surface area contributed by atoms with E-state index in [-0.39, 0.29) is 18.9 Å². The van der Waals surface area contributed by atoms with Gasteiger partial charge in [0.15, 0.2) is 0 Å². The number of halogens is 1. The molecule has 9 heteroatoms. The van der Waals surface area contributed by atoms with E-state index in [1.165, 1.54) is 16.7 Å². The highest BCUT2D eigenvalue weighted by Gasteiger charge is 2.32. The van der Waals surface area contributed by atoms with E-state index in [0.717, 1.165) is 21.4 Å². The summed E-state index contributed by atoms with van der Waals surface area (Å²) >= 11 is 9.93. The molecular formula is C22H17BrN3O3S2+. The molecule has 0 radical (unpaired) electrons. The molecule has 1 aliphatic rings. The second kappa shape index (κ2) is 9.17. The van der Waals surface area contributed by atoms with Crippen LogP contribution in [0.25, 0.3) is 17.5 Å². The Bertz CT molecular complexity index is 1190. The number of thioether (sulfide) groups is 1. The molecule has 31 heavy (non-hydrogen) atoms. The topological polar surface area (TPSA) is 66.4 Å². The molecule has 1 aliphatic heterocycles. The maximum atomic E-state index is 12.7. The third kappa shape index (κ3) is 4.79. The molecule has 0 unspecified atom stereocenters. The van der Waals surface area contributed by atoms with Gasteiger partial charge in [0.25, 0.3) is 5.91 Å². The summed E-state index contributed by atoms with van der Waals surface area (Å²) in [6.07, 6.45) is 5.53. The summed E-state index contributed by atoms with van der Waals surface area (Å²) in [5, 5.41) is 8.90. The van der Waals surface area contributed by atoms with E-state index in [2.05, 4.69) is 15.9 Å². The zero-order valence-electron chi connectivity index (χ0n) is 16.1. The van der Waals surface area contributed by atoms with Crippen LogP contribution in [0.3, 0.4) is 0 Å². The number of benzene rings is 2. The van der Waals surface area contributed by atoms with Gasteiger partial charge in [0, 0.05) is 23.2 Å². The highest BCUT2D eigenvalue weighted by Crippen LogP contribution is 2.32. The van der Waals surface area contributed by atoms with Crippen LogP contribution in [-0.2, 0) is 9.59 Å². The molecule has 3 aromatic rings. The molecule has 4 rings (SSSR count).